The van der Waals surface area contributed by atoms with Crippen LogP contribution >= 0.6 is 0 Å². The minimum absolute atomic E-state index is 0.232. The van der Waals surface area contributed by atoms with Gasteiger partial charge in [-0.25, -0.2) is 8.42 Å². The number of hydrogen-bond acceptors (Lipinski definition) is 3. The van der Waals surface area contributed by atoms with E-state index in [2.05, 4.69) is 0 Å². The fourth-order valence-electron chi connectivity index (χ4n) is 1.50. The van der Waals surface area contributed by atoms with E-state index in [1.165, 1.54) is 6.07 Å². The molecule has 0 radical (unpaired) electrons. The van der Waals surface area contributed by atoms with Gasteiger partial charge in [-0.2, -0.15) is 13.2 Å². The molecule has 1 aromatic carbocycles. The lowest BCUT2D eigenvalue weighted by Gasteiger charge is -2.12. The molecule has 4 nitrogen and oxygen atoms in total. The number of hydrogen-bond donors (Lipinski definition) is 1. The zero-order chi connectivity index (χ0) is 14.7. The zero-order valence-electron chi connectivity index (χ0n) is 9.64. The molecule has 1 N–H and O–H groups in total. The SMILES string of the molecule is O=C(O)CCCS(=O)(=O)c1ccccc1C(F)(F)F. The van der Waals surface area contributed by atoms with Crippen molar-refractivity contribution in [2.45, 2.75) is 23.9 Å². The fraction of sp³-hybridized carbons (Fsp3) is 0.364. The summed E-state index contributed by atoms with van der Waals surface area (Å²) in [4.78, 5) is 9.46. The van der Waals surface area contributed by atoms with Gasteiger partial charge < -0.3 is 5.11 Å². The first-order chi connectivity index (χ1) is 8.64. The van der Waals surface area contributed by atoms with Crippen LogP contribution in [0.25, 0.3) is 0 Å². The van der Waals surface area contributed by atoms with E-state index >= 15 is 0 Å². The standard InChI is InChI=1S/C11H11F3O4S/c12-11(13,14)8-4-1-2-5-9(8)19(17,18)7-3-6-10(15)16/h1-2,4-5H,3,6-7H2,(H,15,16). The number of sulfone groups is 1. The molecule has 0 aromatic heterocycles. The van der Waals surface area contributed by atoms with Crippen LogP contribution in [0.3, 0.4) is 0 Å². The van der Waals surface area contributed by atoms with Crippen molar-refractivity contribution in [3.05, 3.63) is 29.8 Å². The van der Waals surface area contributed by atoms with Gasteiger partial charge in [0.15, 0.2) is 9.84 Å². The summed E-state index contributed by atoms with van der Waals surface area (Å²) in [6.07, 6.45) is -5.41. The van der Waals surface area contributed by atoms with Gasteiger partial charge in [-0.05, 0) is 18.6 Å². The van der Waals surface area contributed by atoms with E-state index in [4.69, 9.17) is 5.11 Å². The highest BCUT2D eigenvalue weighted by Gasteiger charge is 2.36. The maximum Gasteiger partial charge on any atom is 0.417 e. The zero-order valence-corrected chi connectivity index (χ0v) is 10.5. The molecule has 0 atom stereocenters. The van der Waals surface area contributed by atoms with E-state index in [-0.39, 0.29) is 6.42 Å². The lowest BCUT2D eigenvalue weighted by molar-refractivity contribution is -0.140. The molecule has 19 heavy (non-hydrogen) atoms. The summed E-state index contributed by atoms with van der Waals surface area (Å²) in [6.45, 7) is 0. The third-order valence-electron chi connectivity index (χ3n) is 2.33. The van der Waals surface area contributed by atoms with Crippen molar-refractivity contribution < 1.29 is 31.5 Å². The van der Waals surface area contributed by atoms with Gasteiger partial charge in [0, 0.05) is 6.42 Å². The Bertz CT molecular complexity index is 564. The van der Waals surface area contributed by atoms with Crippen molar-refractivity contribution in [2.24, 2.45) is 0 Å². The highest BCUT2D eigenvalue weighted by molar-refractivity contribution is 7.91. The summed E-state index contributed by atoms with van der Waals surface area (Å²) < 4.78 is 61.6. The van der Waals surface area contributed by atoms with Gasteiger partial charge in [0.1, 0.15) is 0 Å². The number of aliphatic carboxylic acids is 1. The van der Waals surface area contributed by atoms with E-state index in [0.29, 0.717) is 6.07 Å². The van der Waals surface area contributed by atoms with Gasteiger partial charge in [-0.1, -0.05) is 12.1 Å². The summed E-state index contributed by atoms with van der Waals surface area (Å²) in [5.41, 5.74) is -1.23. The first kappa shape index (κ1) is 15.5. The molecule has 0 bridgehead atoms. The van der Waals surface area contributed by atoms with Crippen molar-refractivity contribution in [3.63, 3.8) is 0 Å². The number of carboxylic acid groups (broad SMARTS) is 1. The Morgan fingerprint density at radius 3 is 2.32 bits per heavy atom. The molecule has 1 aromatic rings. The Morgan fingerprint density at radius 2 is 1.79 bits per heavy atom. The Hall–Kier alpha value is -1.57. The van der Waals surface area contributed by atoms with E-state index in [0.717, 1.165) is 12.1 Å². The third-order valence-corrected chi connectivity index (χ3v) is 4.18. The maximum absolute atomic E-state index is 12.7. The van der Waals surface area contributed by atoms with Gasteiger partial charge in [-0.15, -0.1) is 0 Å². The smallest absolute Gasteiger partial charge is 0.417 e. The predicted octanol–water partition coefficient (Wildman–Crippen LogP) is 2.34. The minimum Gasteiger partial charge on any atom is -0.481 e. The highest BCUT2D eigenvalue weighted by atomic mass is 32.2. The van der Waals surface area contributed by atoms with Crippen LogP contribution in [0.1, 0.15) is 18.4 Å². The minimum atomic E-state index is -4.77. The second-order valence-electron chi connectivity index (χ2n) is 3.81. The van der Waals surface area contributed by atoms with Crippen molar-refractivity contribution in [1.82, 2.24) is 0 Å². The number of carbonyl (C=O) groups is 1. The van der Waals surface area contributed by atoms with Crippen LogP contribution in [0.4, 0.5) is 13.2 Å². The lowest BCUT2D eigenvalue weighted by atomic mass is 10.2. The largest absolute Gasteiger partial charge is 0.481 e. The average Bonchev–Trinajstić information content (AvgIpc) is 2.27. The van der Waals surface area contributed by atoms with Gasteiger partial charge in [0.2, 0.25) is 0 Å². The molecule has 0 aliphatic rings. The van der Waals surface area contributed by atoms with Crippen molar-refractivity contribution in [2.75, 3.05) is 5.75 Å². The van der Waals surface area contributed by atoms with Crippen molar-refractivity contribution in [1.29, 1.82) is 0 Å². The summed E-state index contributed by atoms with van der Waals surface area (Å²) in [7, 11) is -4.15. The van der Waals surface area contributed by atoms with Gasteiger partial charge >= 0.3 is 12.1 Å². The van der Waals surface area contributed by atoms with Crippen molar-refractivity contribution >= 4 is 15.8 Å². The van der Waals surface area contributed by atoms with Crippen molar-refractivity contribution in [3.8, 4) is 0 Å². The molecule has 106 valence electrons. The number of alkyl halides is 3. The molecule has 0 aliphatic carbocycles. The van der Waals surface area contributed by atoms with Crippen LogP contribution in [-0.4, -0.2) is 25.2 Å². The monoisotopic (exact) mass is 296 g/mol. The van der Waals surface area contributed by atoms with Crippen LogP contribution in [-0.2, 0) is 20.8 Å². The number of carboxylic acids is 1. The van der Waals surface area contributed by atoms with E-state index < -0.39 is 44.6 Å². The fourth-order valence-corrected chi connectivity index (χ4v) is 3.04. The second kappa shape index (κ2) is 5.60. The summed E-state index contributed by atoms with van der Waals surface area (Å²) in [5.74, 6) is -1.83. The Labute approximate surface area is 107 Å². The van der Waals surface area contributed by atoms with Gasteiger partial charge in [-0.3, -0.25) is 4.79 Å². The third kappa shape index (κ3) is 4.23. The molecular weight excluding hydrogens is 285 g/mol. The molecule has 0 fully saturated rings. The second-order valence-corrected chi connectivity index (χ2v) is 5.89. The van der Waals surface area contributed by atoms with Crippen LogP contribution in [0, 0.1) is 0 Å². The first-order valence-electron chi connectivity index (χ1n) is 5.25. The lowest BCUT2D eigenvalue weighted by Crippen LogP contribution is -2.16. The van der Waals surface area contributed by atoms with E-state index in [1.54, 1.807) is 0 Å². The maximum atomic E-state index is 12.7. The summed E-state index contributed by atoms with van der Waals surface area (Å²) in [6, 6.07) is 3.85. The van der Waals surface area contributed by atoms with Gasteiger partial charge in [0.05, 0.1) is 16.2 Å². The quantitative estimate of drug-likeness (QED) is 0.905. The summed E-state index contributed by atoms with van der Waals surface area (Å²) in [5, 5.41) is 8.39. The average molecular weight is 296 g/mol. The number of benzene rings is 1. The molecule has 0 unspecified atom stereocenters. The molecule has 0 aliphatic heterocycles. The van der Waals surface area contributed by atoms with Crippen LogP contribution in [0.2, 0.25) is 0 Å². The van der Waals surface area contributed by atoms with Crippen LogP contribution in [0.5, 0.6) is 0 Å². The van der Waals surface area contributed by atoms with Crippen LogP contribution in [0.15, 0.2) is 29.2 Å². The highest BCUT2D eigenvalue weighted by Crippen LogP contribution is 2.34. The number of rotatable bonds is 5. The molecule has 8 heteroatoms. The predicted molar refractivity (Wildman–Crippen MR) is 60.4 cm³/mol. The molecule has 0 spiro atoms. The Balaban J connectivity index is 3.05. The molecule has 0 saturated heterocycles. The molecule has 1 rings (SSSR count). The molecular formula is C11H11F3O4S. The Morgan fingerprint density at radius 1 is 1.21 bits per heavy atom. The molecule has 0 amide bonds. The normalized spacial score (nSPS) is 12.4. The Kier molecular flexibility index (Phi) is 4.56. The topological polar surface area (TPSA) is 71.4 Å². The molecule has 0 saturated carbocycles. The first-order valence-corrected chi connectivity index (χ1v) is 6.90. The van der Waals surface area contributed by atoms with Gasteiger partial charge in [0.25, 0.3) is 0 Å². The van der Waals surface area contributed by atoms with E-state index in [9.17, 15) is 26.4 Å². The molecule has 0 heterocycles. The number of halogens is 3. The summed E-state index contributed by atoms with van der Waals surface area (Å²) >= 11 is 0. The van der Waals surface area contributed by atoms with Crippen LogP contribution < -0.4 is 0 Å². The van der Waals surface area contributed by atoms with E-state index in [1.807, 2.05) is 0 Å².